The maximum absolute atomic E-state index is 6.09. The van der Waals surface area contributed by atoms with Crippen molar-refractivity contribution < 1.29 is 0 Å². The molecular weight excluding hydrogens is 192 g/mol. The van der Waals surface area contributed by atoms with E-state index >= 15 is 0 Å². The zero-order valence-electron chi connectivity index (χ0n) is 9.60. The molecular formula is C13H25Cl. The minimum absolute atomic E-state index is 0.500. The summed E-state index contributed by atoms with van der Waals surface area (Å²) in [6.07, 6.45) is 14.0. The van der Waals surface area contributed by atoms with Crippen molar-refractivity contribution in [1.82, 2.24) is 0 Å². The lowest BCUT2D eigenvalue weighted by Crippen LogP contribution is -1.95. The van der Waals surface area contributed by atoms with Gasteiger partial charge in [0, 0.05) is 5.38 Å². The Morgan fingerprint density at radius 3 is 2.36 bits per heavy atom. The largest absolute Gasteiger partial charge is 0.123 e. The summed E-state index contributed by atoms with van der Waals surface area (Å²) in [6, 6.07) is 0. The van der Waals surface area contributed by atoms with Gasteiger partial charge >= 0.3 is 0 Å². The minimum Gasteiger partial charge on any atom is -0.123 e. The SMILES string of the molecule is CCCCCCCCC1CC[C@@H](Cl)C1. The van der Waals surface area contributed by atoms with Gasteiger partial charge in [-0.15, -0.1) is 11.6 Å². The van der Waals surface area contributed by atoms with E-state index in [2.05, 4.69) is 6.92 Å². The van der Waals surface area contributed by atoms with E-state index in [1.807, 2.05) is 0 Å². The van der Waals surface area contributed by atoms with Crippen molar-refractivity contribution in [2.75, 3.05) is 0 Å². The van der Waals surface area contributed by atoms with Crippen molar-refractivity contribution >= 4 is 11.6 Å². The molecule has 0 aliphatic heterocycles. The second kappa shape index (κ2) is 7.56. The normalized spacial score (nSPS) is 27.0. The Hall–Kier alpha value is 0.290. The van der Waals surface area contributed by atoms with E-state index in [0.29, 0.717) is 5.38 Å². The highest BCUT2D eigenvalue weighted by molar-refractivity contribution is 6.20. The summed E-state index contributed by atoms with van der Waals surface area (Å²) in [5.74, 6) is 0.962. The molecule has 1 unspecified atom stereocenters. The third kappa shape index (κ3) is 5.24. The predicted octanol–water partition coefficient (Wildman–Crippen LogP) is 5.14. The highest BCUT2D eigenvalue weighted by atomic mass is 35.5. The number of rotatable bonds is 7. The fourth-order valence-corrected chi connectivity index (χ4v) is 2.87. The lowest BCUT2D eigenvalue weighted by Gasteiger charge is -2.08. The van der Waals surface area contributed by atoms with E-state index in [9.17, 15) is 0 Å². The summed E-state index contributed by atoms with van der Waals surface area (Å²) in [6.45, 7) is 2.28. The molecule has 0 aromatic heterocycles. The zero-order valence-corrected chi connectivity index (χ0v) is 10.4. The third-order valence-electron chi connectivity index (χ3n) is 3.44. The second-order valence-corrected chi connectivity index (χ2v) is 5.45. The summed E-state index contributed by atoms with van der Waals surface area (Å²) in [5, 5.41) is 0.500. The van der Waals surface area contributed by atoms with Crippen LogP contribution < -0.4 is 0 Å². The van der Waals surface area contributed by atoms with Crippen molar-refractivity contribution in [1.29, 1.82) is 0 Å². The van der Waals surface area contributed by atoms with Crippen molar-refractivity contribution in [3.05, 3.63) is 0 Å². The maximum Gasteiger partial charge on any atom is 0.0338 e. The Kier molecular flexibility index (Phi) is 6.68. The Labute approximate surface area is 94.4 Å². The Balaban J connectivity index is 1.84. The van der Waals surface area contributed by atoms with Crippen molar-refractivity contribution in [3.8, 4) is 0 Å². The molecule has 0 aromatic carbocycles. The molecule has 2 atom stereocenters. The lowest BCUT2D eigenvalue weighted by molar-refractivity contribution is 0.463. The van der Waals surface area contributed by atoms with E-state index in [1.165, 1.54) is 64.2 Å². The Bertz CT molecular complexity index is 133. The summed E-state index contributed by atoms with van der Waals surface area (Å²) < 4.78 is 0. The molecule has 0 heterocycles. The summed E-state index contributed by atoms with van der Waals surface area (Å²) in [7, 11) is 0. The van der Waals surface area contributed by atoms with Crippen LogP contribution in [0.4, 0.5) is 0 Å². The van der Waals surface area contributed by atoms with Crippen LogP contribution in [0, 0.1) is 5.92 Å². The molecule has 14 heavy (non-hydrogen) atoms. The minimum atomic E-state index is 0.500. The molecule has 0 N–H and O–H groups in total. The van der Waals surface area contributed by atoms with Crippen molar-refractivity contribution in [3.63, 3.8) is 0 Å². The molecule has 0 spiro atoms. The first kappa shape index (κ1) is 12.4. The topological polar surface area (TPSA) is 0 Å². The first-order valence-electron chi connectivity index (χ1n) is 6.47. The smallest absolute Gasteiger partial charge is 0.0338 e. The highest BCUT2D eigenvalue weighted by Crippen LogP contribution is 2.32. The molecule has 0 radical (unpaired) electrons. The van der Waals surface area contributed by atoms with Crippen LogP contribution in [-0.2, 0) is 0 Å². The molecule has 1 fully saturated rings. The maximum atomic E-state index is 6.09. The van der Waals surface area contributed by atoms with E-state index in [4.69, 9.17) is 11.6 Å². The standard InChI is InChI=1S/C13H25Cl/c1-2-3-4-5-6-7-8-12-9-10-13(14)11-12/h12-13H,2-11H2,1H3/t12?,13-/m1/s1. The highest BCUT2D eigenvalue weighted by Gasteiger charge is 2.21. The van der Waals surface area contributed by atoms with Crippen molar-refractivity contribution in [2.45, 2.75) is 76.5 Å². The van der Waals surface area contributed by atoms with Gasteiger partial charge in [0.1, 0.15) is 0 Å². The van der Waals surface area contributed by atoms with E-state index in [0.717, 1.165) is 5.92 Å². The molecule has 0 saturated heterocycles. The molecule has 0 amide bonds. The molecule has 84 valence electrons. The summed E-state index contributed by atoms with van der Waals surface area (Å²) in [4.78, 5) is 0. The van der Waals surface area contributed by atoms with Gasteiger partial charge in [-0.1, -0.05) is 51.9 Å². The predicted molar refractivity (Wildman–Crippen MR) is 65.0 cm³/mol. The second-order valence-electron chi connectivity index (χ2n) is 4.83. The van der Waals surface area contributed by atoms with Gasteiger partial charge in [-0.05, 0) is 25.2 Å². The monoisotopic (exact) mass is 216 g/mol. The van der Waals surface area contributed by atoms with Gasteiger partial charge in [0.2, 0.25) is 0 Å². The van der Waals surface area contributed by atoms with Gasteiger partial charge in [0.15, 0.2) is 0 Å². The first-order chi connectivity index (χ1) is 6.83. The van der Waals surface area contributed by atoms with Crippen LogP contribution in [0.1, 0.15) is 71.1 Å². The fraction of sp³-hybridized carbons (Fsp3) is 1.00. The van der Waals surface area contributed by atoms with Gasteiger partial charge in [-0.3, -0.25) is 0 Å². The quantitative estimate of drug-likeness (QED) is 0.408. The molecule has 0 bridgehead atoms. The van der Waals surface area contributed by atoms with Gasteiger partial charge in [-0.25, -0.2) is 0 Å². The van der Waals surface area contributed by atoms with Crippen molar-refractivity contribution in [2.24, 2.45) is 5.92 Å². The molecule has 1 rings (SSSR count). The van der Waals surface area contributed by atoms with Crippen LogP contribution >= 0.6 is 11.6 Å². The molecule has 1 aliphatic rings. The van der Waals surface area contributed by atoms with Gasteiger partial charge in [0.05, 0.1) is 0 Å². The molecule has 1 aliphatic carbocycles. The number of unbranched alkanes of at least 4 members (excludes halogenated alkanes) is 5. The van der Waals surface area contributed by atoms with E-state index in [1.54, 1.807) is 0 Å². The van der Waals surface area contributed by atoms with Crippen LogP contribution in [0.3, 0.4) is 0 Å². The van der Waals surface area contributed by atoms with E-state index in [-0.39, 0.29) is 0 Å². The number of alkyl halides is 1. The summed E-state index contributed by atoms with van der Waals surface area (Å²) in [5.41, 5.74) is 0. The first-order valence-corrected chi connectivity index (χ1v) is 6.90. The Morgan fingerprint density at radius 2 is 1.71 bits per heavy atom. The third-order valence-corrected chi connectivity index (χ3v) is 3.84. The number of hydrogen-bond acceptors (Lipinski definition) is 0. The average Bonchev–Trinajstić information content (AvgIpc) is 2.58. The van der Waals surface area contributed by atoms with Gasteiger partial charge in [-0.2, -0.15) is 0 Å². The van der Waals surface area contributed by atoms with Crippen LogP contribution in [0.15, 0.2) is 0 Å². The number of hydrogen-bond donors (Lipinski definition) is 0. The fourth-order valence-electron chi connectivity index (χ4n) is 2.49. The van der Waals surface area contributed by atoms with Crippen LogP contribution in [0.25, 0.3) is 0 Å². The number of halogens is 1. The molecule has 1 heteroatoms. The average molecular weight is 217 g/mol. The van der Waals surface area contributed by atoms with Crippen LogP contribution in [0.2, 0.25) is 0 Å². The molecule has 0 nitrogen and oxygen atoms in total. The van der Waals surface area contributed by atoms with Crippen LogP contribution in [-0.4, -0.2) is 5.38 Å². The summed E-state index contributed by atoms with van der Waals surface area (Å²) >= 11 is 6.09. The van der Waals surface area contributed by atoms with Gasteiger partial charge < -0.3 is 0 Å². The van der Waals surface area contributed by atoms with Crippen LogP contribution in [0.5, 0.6) is 0 Å². The van der Waals surface area contributed by atoms with Gasteiger partial charge in [0.25, 0.3) is 0 Å². The molecule has 1 saturated carbocycles. The zero-order chi connectivity index (χ0) is 10.2. The lowest BCUT2D eigenvalue weighted by atomic mass is 9.99. The molecule has 0 aromatic rings. The Morgan fingerprint density at radius 1 is 1.00 bits per heavy atom. The van der Waals surface area contributed by atoms with E-state index < -0.39 is 0 Å².